The molecule has 1 atom stereocenters. The van der Waals surface area contributed by atoms with Gasteiger partial charge in [-0.05, 0) is 37.5 Å². The predicted molar refractivity (Wildman–Crippen MR) is 85.7 cm³/mol. The van der Waals surface area contributed by atoms with Gasteiger partial charge in [0.2, 0.25) is 0 Å². The minimum Gasteiger partial charge on any atom is -0.488 e. The molecule has 4 heteroatoms. The zero-order valence-corrected chi connectivity index (χ0v) is 12.7. The lowest BCUT2D eigenvalue weighted by molar-refractivity contribution is 0.303. The van der Waals surface area contributed by atoms with Gasteiger partial charge in [-0.15, -0.1) is 0 Å². The number of hydrogen-bond acceptors (Lipinski definition) is 3. The van der Waals surface area contributed by atoms with Crippen LogP contribution in [0.2, 0.25) is 0 Å². The predicted octanol–water partition coefficient (Wildman–Crippen LogP) is 3.02. The number of benzene rings is 1. The Balaban J connectivity index is 1.89. The first-order valence-corrected chi connectivity index (χ1v) is 7.46. The van der Waals surface area contributed by atoms with Crippen molar-refractivity contribution in [3.8, 4) is 11.8 Å². The summed E-state index contributed by atoms with van der Waals surface area (Å²) >= 11 is 0. The van der Waals surface area contributed by atoms with E-state index in [-0.39, 0.29) is 11.5 Å². The molecule has 0 bridgehead atoms. The van der Waals surface area contributed by atoms with E-state index in [1.165, 1.54) is 10.1 Å². The van der Waals surface area contributed by atoms with Gasteiger partial charge in [0.1, 0.15) is 0 Å². The number of aromatic nitrogens is 1. The quantitative estimate of drug-likeness (QED) is 0.738. The van der Waals surface area contributed by atoms with E-state index in [9.17, 15) is 4.79 Å². The SMILES string of the molecule is CC(C#N)Cn1cccc(OCCCc2ccccc2)c1=O. The molecule has 22 heavy (non-hydrogen) atoms. The molecule has 114 valence electrons. The second kappa shape index (κ2) is 8.04. The molecule has 1 unspecified atom stereocenters. The van der Waals surface area contributed by atoms with Crippen LogP contribution in [0.1, 0.15) is 18.9 Å². The van der Waals surface area contributed by atoms with Gasteiger partial charge in [0.25, 0.3) is 5.56 Å². The third-order valence-corrected chi connectivity index (χ3v) is 3.39. The molecule has 0 aliphatic heterocycles. The highest BCUT2D eigenvalue weighted by Crippen LogP contribution is 2.07. The molecule has 0 aliphatic carbocycles. The van der Waals surface area contributed by atoms with Gasteiger partial charge in [0.05, 0.1) is 18.6 Å². The van der Waals surface area contributed by atoms with Crippen molar-refractivity contribution >= 4 is 0 Å². The van der Waals surface area contributed by atoms with Crippen LogP contribution in [-0.2, 0) is 13.0 Å². The minimum atomic E-state index is -0.203. The van der Waals surface area contributed by atoms with Gasteiger partial charge in [-0.25, -0.2) is 0 Å². The number of hydrogen-bond donors (Lipinski definition) is 0. The van der Waals surface area contributed by atoms with Crippen LogP contribution >= 0.6 is 0 Å². The Morgan fingerprint density at radius 1 is 1.23 bits per heavy atom. The molecule has 1 aromatic carbocycles. The Morgan fingerprint density at radius 3 is 2.73 bits per heavy atom. The summed E-state index contributed by atoms with van der Waals surface area (Å²) < 4.78 is 7.13. The van der Waals surface area contributed by atoms with E-state index in [0.717, 1.165) is 12.8 Å². The number of pyridine rings is 1. The van der Waals surface area contributed by atoms with Gasteiger partial charge in [-0.2, -0.15) is 5.26 Å². The molecule has 2 aromatic rings. The summed E-state index contributed by atoms with van der Waals surface area (Å²) in [4.78, 5) is 12.2. The van der Waals surface area contributed by atoms with Crippen molar-refractivity contribution in [2.45, 2.75) is 26.3 Å². The van der Waals surface area contributed by atoms with E-state index in [4.69, 9.17) is 10.00 Å². The Labute approximate surface area is 130 Å². The van der Waals surface area contributed by atoms with Crippen molar-refractivity contribution < 1.29 is 4.74 Å². The van der Waals surface area contributed by atoms with E-state index >= 15 is 0 Å². The fraction of sp³-hybridized carbons (Fsp3) is 0.333. The molecule has 1 aromatic heterocycles. The minimum absolute atomic E-state index is 0.177. The molecule has 1 heterocycles. The van der Waals surface area contributed by atoms with Gasteiger partial charge >= 0.3 is 0 Å². The summed E-state index contributed by atoms with van der Waals surface area (Å²) in [5.41, 5.74) is 1.09. The standard InChI is InChI=1S/C18H20N2O2/c1-15(13-19)14-20-11-5-10-17(18(20)21)22-12-6-9-16-7-3-2-4-8-16/h2-5,7-8,10-11,15H,6,9,12,14H2,1H3. The number of aryl methyl sites for hydroxylation is 1. The molecule has 0 saturated carbocycles. The molecule has 0 saturated heterocycles. The number of nitrogens with zero attached hydrogens (tertiary/aromatic N) is 2. The fourth-order valence-corrected chi connectivity index (χ4v) is 2.21. The normalized spacial score (nSPS) is 11.6. The van der Waals surface area contributed by atoms with E-state index in [0.29, 0.717) is 18.9 Å². The summed E-state index contributed by atoms with van der Waals surface area (Å²) in [5.74, 6) is 0.145. The molecular formula is C18H20N2O2. The van der Waals surface area contributed by atoms with E-state index in [1.54, 1.807) is 25.3 Å². The zero-order valence-electron chi connectivity index (χ0n) is 12.7. The van der Waals surface area contributed by atoms with Crippen LogP contribution in [-0.4, -0.2) is 11.2 Å². The molecule has 0 spiro atoms. The topological polar surface area (TPSA) is 55.0 Å². The lowest BCUT2D eigenvalue weighted by atomic mass is 10.1. The molecule has 0 fully saturated rings. The highest BCUT2D eigenvalue weighted by Gasteiger charge is 2.07. The van der Waals surface area contributed by atoms with E-state index in [2.05, 4.69) is 18.2 Å². The molecule has 0 N–H and O–H groups in total. The average Bonchev–Trinajstić information content (AvgIpc) is 2.55. The van der Waals surface area contributed by atoms with Gasteiger partial charge < -0.3 is 9.30 Å². The van der Waals surface area contributed by atoms with Gasteiger partial charge in [-0.1, -0.05) is 30.3 Å². The lowest BCUT2D eigenvalue weighted by Crippen LogP contribution is -2.23. The Bertz CT molecular complexity index is 686. The van der Waals surface area contributed by atoms with E-state index < -0.39 is 0 Å². The van der Waals surface area contributed by atoms with Gasteiger partial charge in [-0.3, -0.25) is 4.79 Å². The number of rotatable bonds is 7. The van der Waals surface area contributed by atoms with Crippen molar-refractivity contribution in [2.24, 2.45) is 5.92 Å². The third kappa shape index (κ3) is 4.49. The summed E-state index contributed by atoms with van der Waals surface area (Å²) in [5, 5.41) is 8.84. The van der Waals surface area contributed by atoms with Crippen molar-refractivity contribution in [1.29, 1.82) is 5.26 Å². The summed E-state index contributed by atoms with van der Waals surface area (Å²) in [7, 11) is 0. The van der Waals surface area contributed by atoms with Crippen molar-refractivity contribution in [2.75, 3.05) is 6.61 Å². The van der Waals surface area contributed by atoms with Crippen molar-refractivity contribution in [1.82, 2.24) is 4.57 Å². The maximum atomic E-state index is 12.2. The van der Waals surface area contributed by atoms with Gasteiger partial charge in [0, 0.05) is 12.7 Å². The van der Waals surface area contributed by atoms with Crippen molar-refractivity contribution in [3.05, 3.63) is 64.6 Å². The third-order valence-electron chi connectivity index (χ3n) is 3.39. The Morgan fingerprint density at radius 2 is 2.00 bits per heavy atom. The lowest BCUT2D eigenvalue weighted by Gasteiger charge is -2.10. The maximum Gasteiger partial charge on any atom is 0.292 e. The van der Waals surface area contributed by atoms with Crippen LogP contribution < -0.4 is 10.3 Å². The molecule has 2 rings (SSSR count). The Kier molecular flexibility index (Phi) is 5.79. The van der Waals surface area contributed by atoms with Crippen molar-refractivity contribution in [3.63, 3.8) is 0 Å². The van der Waals surface area contributed by atoms with Crippen LogP contribution in [0.4, 0.5) is 0 Å². The largest absolute Gasteiger partial charge is 0.488 e. The fourth-order valence-electron chi connectivity index (χ4n) is 2.21. The first-order chi connectivity index (χ1) is 10.7. The number of ether oxygens (including phenoxy) is 1. The van der Waals surface area contributed by atoms with Crippen LogP contribution in [0.5, 0.6) is 5.75 Å². The summed E-state index contributed by atoms with van der Waals surface area (Å²) in [6.07, 6.45) is 3.47. The molecule has 0 aliphatic rings. The highest BCUT2D eigenvalue weighted by atomic mass is 16.5. The monoisotopic (exact) mass is 296 g/mol. The van der Waals surface area contributed by atoms with Crippen LogP contribution in [0.3, 0.4) is 0 Å². The molecule has 0 amide bonds. The first-order valence-electron chi connectivity index (χ1n) is 7.46. The maximum absolute atomic E-state index is 12.2. The molecule has 4 nitrogen and oxygen atoms in total. The van der Waals surface area contributed by atoms with Crippen LogP contribution in [0.15, 0.2) is 53.5 Å². The summed E-state index contributed by atoms with van der Waals surface area (Å²) in [6.45, 7) is 2.68. The number of nitriles is 1. The van der Waals surface area contributed by atoms with Crippen LogP contribution in [0.25, 0.3) is 0 Å². The molecular weight excluding hydrogens is 276 g/mol. The average molecular weight is 296 g/mol. The first kappa shape index (κ1) is 15.8. The highest BCUT2D eigenvalue weighted by molar-refractivity contribution is 5.18. The molecule has 0 radical (unpaired) electrons. The second-order valence-corrected chi connectivity index (χ2v) is 5.30. The second-order valence-electron chi connectivity index (χ2n) is 5.30. The Hall–Kier alpha value is -2.54. The zero-order chi connectivity index (χ0) is 15.8. The smallest absolute Gasteiger partial charge is 0.292 e. The van der Waals surface area contributed by atoms with E-state index in [1.807, 2.05) is 18.2 Å². The van der Waals surface area contributed by atoms with Crippen LogP contribution in [0, 0.1) is 17.2 Å². The van der Waals surface area contributed by atoms with Gasteiger partial charge in [0.15, 0.2) is 5.75 Å². The summed E-state index contributed by atoms with van der Waals surface area (Å²) in [6, 6.07) is 15.8.